The number of hydrogen-bond acceptors (Lipinski definition) is 5. The number of hydrogen-bond donors (Lipinski definition) is 0. The van der Waals surface area contributed by atoms with E-state index >= 15 is 0 Å². The molecular weight excluding hydrogens is 308 g/mol. The minimum absolute atomic E-state index is 0.0781. The van der Waals surface area contributed by atoms with E-state index in [1.54, 1.807) is 11.8 Å². The van der Waals surface area contributed by atoms with Gasteiger partial charge in [-0.05, 0) is 12.0 Å². The van der Waals surface area contributed by atoms with Crippen molar-refractivity contribution in [3.05, 3.63) is 35.9 Å². The van der Waals surface area contributed by atoms with E-state index in [4.69, 9.17) is 14.5 Å². The highest BCUT2D eigenvalue weighted by atomic mass is 32.2. The van der Waals surface area contributed by atoms with Crippen molar-refractivity contribution in [2.45, 2.75) is 50.6 Å². The SMILES string of the molecule is CC[C@H]1O[C@@H]2SC(N(C)C)=N[C@@H]2[C@@H](OCc2ccccc2)[C@@H]1C. The van der Waals surface area contributed by atoms with Crippen LogP contribution >= 0.6 is 11.8 Å². The smallest absolute Gasteiger partial charge is 0.161 e. The largest absolute Gasteiger partial charge is 0.371 e. The monoisotopic (exact) mass is 334 g/mol. The van der Waals surface area contributed by atoms with Gasteiger partial charge < -0.3 is 14.4 Å². The maximum atomic E-state index is 6.34. The van der Waals surface area contributed by atoms with Gasteiger partial charge in [-0.25, -0.2) is 0 Å². The molecule has 2 heterocycles. The molecule has 0 aliphatic carbocycles. The second-order valence-corrected chi connectivity index (χ2v) is 7.55. The van der Waals surface area contributed by atoms with Crippen LogP contribution in [0.2, 0.25) is 0 Å². The van der Waals surface area contributed by atoms with E-state index in [1.165, 1.54) is 5.56 Å². The van der Waals surface area contributed by atoms with Crippen LogP contribution in [0.25, 0.3) is 0 Å². The first-order chi connectivity index (χ1) is 11.1. The highest BCUT2D eigenvalue weighted by Gasteiger charge is 2.48. The average Bonchev–Trinajstić information content (AvgIpc) is 2.98. The molecule has 126 valence electrons. The van der Waals surface area contributed by atoms with Crippen LogP contribution in [0, 0.1) is 5.92 Å². The molecule has 1 fully saturated rings. The molecule has 1 saturated heterocycles. The fraction of sp³-hybridized carbons (Fsp3) is 0.611. The summed E-state index contributed by atoms with van der Waals surface area (Å²) in [4.78, 5) is 6.94. The van der Waals surface area contributed by atoms with Crippen molar-refractivity contribution >= 4 is 16.9 Å². The summed E-state index contributed by atoms with van der Waals surface area (Å²) in [6, 6.07) is 10.4. The van der Waals surface area contributed by atoms with Crippen LogP contribution in [0.4, 0.5) is 0 Å². The molecule has 4 nitrogen and oxygen atoms in total. The minimum Gasteiger partial charge on any atom is -0.371 e. The van der Waals surface area contributed by atoms with Gasteiger partial charge in [0.15, 0.2) is 5.17 Å². The summed E-state index contributed by atoms with van der Waals surface area (Å²) in [6.45, 7) is 5.05. The molecule has 0 spiro atoms. The Kier molecular flexibility index (Phi) is 5.29. The van der Waals surface area contributed by atoms with Gasteiger partial charge in [0.2, 0.25) is 0 Å². The van der Waals surface area contributed by atoms with Crippen LogP contribution in [-0.2, 0) is 16.1 Å². The molecule has 2 aliphatic rings. The van der Waals surface area contributed by atoms with E-state index < -0.39 is 0 Å². The number of benzene rings is 1. The van der Waals surface area contributed by atoms with Crippen molar-refractivity contribution in [3.63, 3.8) is 0 Å². The molecule has 23 heavy (non-hydrogen) atoms. The molecule has 1 aromatic carbocycles. The normalized spacial score (nSPS) is 33.2. The third-order valence-electron chi connectivity index (χ3n) is 4.58. The van der Waals surface area contributed by atoms with E-state index in [0.29, 0.717) is 12.5 Å². The first-order valence-electron chi connectivity index (χ1n) is 8.33. The van der Waals surface area contributed by atoms with Crippen molar-refractivity contribution in [1.29, 1.82) is 0 Å². The molecule has 3 rings (SSSR count). The fourth-order valence-electron chi connectivity index (χ4n) is 3.25. The molecule has 0 saturated carbocycles. The van der Waals surface area contributed by atoms with E-state index in [2.05, 4.69) is 43.0 Å². The molecule has 0 amide bonds. The number of nitrogens with zero attached hydrogens (tertiary/aromatic N) is 2. The number of thioether (sulfide) groups is 1. The first-order valence-corrected chi connectivity index (χ1v) is 9.21. The quantitative estimate of drug-likeness (QED) is 0.845. The Morgan fingerprint density at radius 2 is 2.00 bits per heavy atom. The van der Waals surface area contributed by atoms with Crippen molar-refractivity contribution in [2.24, 2.45) is 10.9 Å². The molecule has 2 aliphatic heterocycles. The van der Waals surface area contributed by atoms with Gasteiger partial charge in [0.25, 0.3) is 0 Å². The molecule has 0 aromatic heterocycles. The lowest BCUT2D eigenvalue weighted by Gasteiger charge is -2.41. The van der Waals surface area contributed by atoms with E-state index in [0.717, 1.165) is 11.6 Å². The fourth-order valence-corrected chi connectivity index (χ4v) is 4.41. The Hall–Kier alpha value is -1.04. The predicted octanol–water partition coefficient (Wildman–Crippen LogP) is 3.38. The molecule has 0 N–H and O–H groups in total. The third-order valence-corrected chi connectivity index (χ3v) is 5.88. The summed E-state index contributed by atoms with van der Waals surface area (Å²) in [5.74, 6) is 0.343. The lowest BCUT2D eigenvalue weighted by Crippen LogP contribution is -2.51. The summed E-state index contributed by atoms with van der Waals surface area (Å²) >= 11 is 1.72. The zero-order valence-corrected chi connectivity index (χ0v) is 15.1. The second kappa shape index (κ2) is 7.24. The Morgan fingerprint density at radius 3 is 2.65 bits per heavy atom. The predicted molar refractivity (Wildman–Crippen MR) is 95.6 cm³/mol. The minimum atomic E-state index is 0.0781. The topological polar surface area (TPSA) is 34.1 Å². The number of rotatable bonds is 4. The standard InChI is InChI=1S/C18H26N2O2S/c1-5-14-12(2)16(21-11-13-9-7-6-8-10-13)15-17(22-14)23-18(19-15)20(3)4/h6-10,12,14-17H,5,11H2,1-4H3/t12-,14-,15-,16+,17-/m1/s1. The van der Waals surface area contributed by atoms with Gasteiger partial charge in [-0.1, -0.05) is 55.9 Å². The molecule has 0 bridgehead atoms. The molecule has 0 unspecified atom stereocenters. The van der Waals surface area contributed by atoms with Gasteiger partial charge in [0.1, 0.15) is 11.5 Å². The summed E-state index contributed by atoms with van der Waals surface area (Å²) in [5, 5.41) is 1.04. The molecule has 0 radical (unpaired) electrons. The van der Waals surface area contributed by atoms with Gasteiger partial charge in [0.05, 0.1) is 18.8 Å². The first kappa shape index (κ1) is 16.8. The van der Waals surface area contributed by atoms with E-state index in [-0.39, 0.29) is 23.7 Å². The van der Waals surface area contributed by atoms with Gasteiger partial charge in [0, 0.05) is 20.0 Å². The van der Waals surface area contributed by atoms with Crippen LogP contribution in [0.1, 0.15) is 25.8 Å². The zero-order valence-electron chi connectivity index (χ0n) is 14.3. The Labute approximate surface area is 143 Å². The maximum Gasteiger partial charge on any atom is 0.161 e. The lowest BCUT2D eigenvalue weighted by molar-refractivity contribution is -0.137. The molecular formula is C18H26N2O2S. The number of aliphatic imine (C=N–C) groups is 1. The lowest BCUT2D eigenvalue weighted by atomic mass is 9.88. The number of ether oxygens (including phenoxy) is 2. The van der Waals surface area contributed by atoms with Crippen LogP contribution in [0.15, 0.2) is 35.3 Å². The Balaban J connectivity index is 1.76. The van der Waals surface area contributed by atoms with Crippen LogP contribution in [0.3, 0.4) is 0 Å². The van der Waals surface area contributed by atoms with Crippen LogP contribution < -0.4 is 0 Å². The van der Waals surface area contributed by atoms with Gasteiger partial charge >= 0.3 is 0 Å². The summed E-state index contributed by atoms with van der Waals surface area (Å²) in [6.07, 6.45) is 1.35. The average molecular weight is 334 g/mol. The van der Waals surface area contributed by atoms with Gasteiger partial charge in [-0.2, -0.15) is 0 Å². The third kappa shape index (κ3) is 3.57. The number of amidine groups is 1. The summed E-state index contributed by atoms with van der Waals surface area (Å²) in [7, 11) is 4.06. The van der Waals surface area contributed by atoms with Gasteiger partial charge in [-0.3, -0.25) is 4.99 Å². The second-order valence-electron chi connectivity index (χ2n) is 6.49. The van der Waals surface area contributed by atoms with E-state index in [9.17, 15) is 0 Å². The van der Waals surface area contributed by atoms with Crippen LogP contribution in [-0.4, -0.2) is 47.8 Å². The van der Waals surface area contributed by atoms with Crippen molar-refractivity contribution in [1.82, 2.24) is 4.90 Å². The highest BCUT2D eigenvalue weighted by Crippen LogP contribution is 2.41. The Morgan fingerprint density at radius 1 is 1.26 bits per heavy atom. The summed E-state index contributed by atoms with van der Waals surface area (Å²) in [5.41, 5.74) is 1.28. The number of fused-ring (bicyclic) bond motifs is 1. The summed E-state index contributed by atoms with van der Waals surface area (Å²) < 4.78 is 12.6. The zero-order chi connectivity index (χ0) is 16.4. The van der Waals surface area contributed by atoms with E-state index in [1.807, 2.05) is 20.2 Å². The van der Waals surface area contributed by atoms with Gasteiger partial charge in [-0.15, -0.1) is 0 Å². The van der Waals surface area contributed by atoms with Crippen molar-refractivity contribution < 1.29 is 9.47 Å². The maximum absolute atomic E-state index is 6.34. The van der Waals surface area contributed by atoms with Crippen molar-refractivity contribution in [2.75, 3.05) is 14.1 Å². The molecule has 5 heteroatoms. The van der Waals surface area contributed by atoms with Crippen molar-refractivity contribution in [3.8, 4) is 0 Å². The van der Waals surface area contributed by atoms with Crippen LogP contribution in [0.5, 0.6) is 0 Å². The molecule has 1 aromatic rings. The Bertz CT molecular complexity index is 549. The highest BCUT2D eigenvalue weighted by molar-refractivity contribution is 8.14. The molecule has 5 atom stereocenters.